The third-order valence-electron chi connectivity index (χ3n) is 1.80. The Hall–Kier alpha value is 0.842. The van der Waals surface area contributed by atoms with E-state index in [1.165, 1.54) is 19.3 Å². The Morgan fingerprint density at radius 2 is 1.82 bits per heavy atom. The first-order valence-electron chi connectivity index (χ1n) is 3.96. The Morgan fingerprint density at radius 3 is 2.09 bits per heavy atom. The minimum absolute atomic E-state index is 0. The second-order valence-corrected chi connectivity index (χ2v) is 2.60. The van der Waals surface area contributed by atoms with Gasteiger partial charge >= 0.3 is 27.3 Å². The van der Waals surface area contributed by atoms with Crippen LogP contribution >= 0.6 is 0 Å². The molecular formula is C8H18O2Tl. The number of aliphatic hydroxyl groups is 1. The second-order valence-electron chi connectivity index (χ2n) is 2.60. The fraction of sp³-hybridized carbons (Fsp3) is 1.00. The molecule has 0 aliphatic rings. The summed E-state index contributed by atoms with van der Waals surface area (Å²) in [5, 5.41) is 8.75. The minimum Gasteiger partial charge on any atom is -2.00 e. The molecule has 0 saturated heterocycles. The largest absolute Gasteiger partial charge is 2.00 e. The van der Waals surface area contributed by atoms with Crippen molar-refractivity contribution in [1.29, 1.82) is 0 Å². The zero-order valence-corrected chi connectivity index (χ0v) is 12.0. The van der Waals surface area contributed by atoms with E-state index >= 15 is 0 Å². The number of hydrogen-bond donors (Lipinski definition) is 1. The maximum absolute atomic E-state index is 8.75. The molecule has 1 unspecified atom stereocenters. The quantitative estimate of drug-likeness (QED) is 0.754. The van der Waals surface area contributed by atoms with Gasteiger partial charge < -0.3 is 10.6 Å². The van der Waals surface area contributed by atoms with Gasteiger partial charge in [-0.05, 0) is 12.3 Å². The van der Waals surface area contributed by atoms with Crippen molar-refractivity contribution in [2.45, 2.75) is 39.5 Å². The summed E-state index contributed by atoms with van der Waals surface area (Å²) < 4.78 is 0. The maximum atomic E-state index is 8.75. The predicted molar refractivity (Wildman–Crippen MR) is 46.8 cm³/mol. The van der Waals surface area contributed by atoms with E-state index in [9.17, 15) is 0 Å². The Morgan fingerprint density at radius 1 is 1.27 bits per heavy atom. The van der Waals surface area contributed by atoms with E-state index in [0.717, 1.165) is 6.42 Å². The zero-order valence-electron chi connectivity index (χ0n) is 7.55. The van der Waals surface area contributed by atoms with Gasteiger partial charge in [-0.3, -0.25) is 0 Å². The molecule has 0 rings (SSSR count). The summed E-state index contributed by atoms with van der Waals surface area (Å²) in [6.07, 6.45) is 4.83. The minimum atomic E-state index is 0. The van der Waals surface area contributed by atoms with Crippen molar-refractivity contribution in [2.75, 3.05) is 6.61 Å². The van der Waals surface area contributed by atoms with Crippen LogP contribution in [0.15, 0.2) is 0 Å². The van der Waals surface area contributed by atoms with Crippen LogP contribution in [0, 0.1) is 5.92 Å². The van der Waals surface area contributed by atoms with Crippen LogP contribution in [0.3, 0.4) is 0 Å². The molecule has 0 aliphatic carbocycles. The van der Waals surface area contributed by atoms with Gasteiger partial charge in [0.25, 0.3) is 0 Å². The van der Waals surface area contributed by atoms with Crippen molar-refractivity contribution in [3.05, 3.63) is 0 Å². The Bertz CT molecular complexity index is 56.1. The molecule has 0 aromatic heterocycles. The van der Waals surface area contributed by atoms with E-state index < -0.39 is 0 Å². The number of hydrogen-bond acceptors (Lipinski definition) is 1. The average molecular weight is 351 g/mol. The van der Waals surface area contributed by atoms with Crippen LogP contribution < -0.4 is 0 Å². The molecule has 2 nitrogen and oxygen atoms in total. The first-order chi connectivity index (χ1) is 4.35. The van der Waals surface area contributed by atoms with Crippen molar-refractivity contribution in [3.8, 4) is 0 Å². The second kappa shape index (κ2) is 13.4. The van der Waals surface area contributed by atoms with E-state index in [0.29, 0.717) is 12.5 Å². The smallest absolute Gasteiger partial charge is 2.00 e. The van der Waals surface area contributed by atoms with Gasteiger partial charge in [-0.2, -0.15) is 0 Å². The third-order valence-corrected chi connectivity index (χ3v) is 1.80. The zero-order chi connectivity index (χ0) is 7.11. The fourth-order valence-electron chi connectivity index (χ4n) is 0.917. The van der Waals surface area contributed by atoms with Gasteiger partial charge in [-0.25, -0.2) is 0 Å². The number of rotatable bonds is 5. The van der Waals surface area contributed by atoms with Crippen molar-refractivity contribution in [1.82, 2.24) is 0 Å². The van der Waals surface area contributed by atoms with E-state index in [1.807, 2.05) is 0 Å². The summed E-state index contributed by atoms with van der Waals surface area (Å²) in [5.41, 5.74) is 0. The van der Waals surface area contributed by atoms with Gasteiger partial charge in [0.2, 0.25) is 0 Å². The molecule has 0 spiro atoms. The number of unbranched alkanes of at least 4 members (excludes halogenated alkanes) is 1. The van der Waals surface area contributed by atoms with Gasteiger partial charge in [-0.15, -0.1) is 0 Å². The first kappa shape index (κ1) is 17.8. The monoisotopic (exact) mass is 351 g/mol. The standard InChI is InChI=1S/C8H18O.O.Tl/c1-3-5-6-8(4-2)7-9;;/h8-9H,3-7H2,1-2H3;;/q;-2;+2. The number of aliphatic hydroxyl groups excluding tert-OH is 1. The molecule has 11 heavy (non-hydrogen) atoms. The predicted octanol–water partition coefficient (Wildman–Crippen LogP) is 1.70. The van der Waals surface area contributed by atoms with E-state index in [2.05, 4.69) is 13.8 Å². The summed E-state index contributed by atoms with van der Waals surface area (Å²) in [5.74, 6) is 0.560. The van der Waals surface area contributed by atoms with Crippen molar-refractivity contribution >= 4 is 27.3 Å². The molecule has 1 atom stereocenters. The molecule has 0 heterocycles. The van der Waals surface area contributed by atoms with E-state index in [1.54, 1.807) is 0 Å². The van der Waals surface area contributed by atoms with Crippen LogP contribution in [0.1, 0.15) is 39.5 Å². The van der Waals surface area contributed by atoms with Crippen LogP contribution in [0.4, 0.5) is 0 Å². The molecule has 1 radical (unpaired) electrons. The first-order valence-corrected chi connectivity index (χ1v) is 3.96. The fourth-order valence-corrected chi connectivity index (χ4v) is 0.917. The van der Waals surface area contributed by atoms with E-state index in [4.69, 9.17) is 5.11 Å². The Labute approximate surface area is 89.9 Å². The van der Waals surface area contributed by atoms with Gasteiger partial charge in [0.1, 0.15) is 0 Å². The van der Waals surface area contributed by atoms with Crippen molar-refractivity contribution in [3.63, 3.8) is 0 Å². The van der Waals surface area contributed by atoms with Crippen LogP contribution in [-0.4, -0.2) is 39.0 Å². The van der Waals surface area contributed by atoms with Crippen LogP contribution in [0.25, 0.3) is 0 Å². The molecular weight excluding hydrogens is 332 g/mol. The van der Waals surface area contributed by atoms with Crippen molar-refractivity contribution < 1.29 is 10.6 Å². The van der Waals surface area contributed by atoms with Gasteiger partial charge in [0, 0.05) is 6.61 Å². The van der Waals surface area contributed by atoms with Gasteiger partial charge in [0.05, 0.1) is 0 Å². The summed E-state index contributed by atoms with van der Waals surface area (Å²) in [6, 6.07) is 0. The molecule has 0 amide bonds. The molecule has 0 aliphatic heterocycles. The Balaban J connectivity index is -0.000000320. The van der Waals surface area contributed by atoms with Gasteiger partial charge in [0.15, 0.2) is 0 Å². The van der Waals surface area contributed by atoms with Crippen LogP contribution in [0.2, 0.25) is 0 Å². The normalized spacial score (nSPS) is 11.2. The molecule has 0 saturated carbocycles. The average Bonchev–Trinajstić information content (AvgIpc) is 1.91. The topological polar surface area (TPSA) is 48.7 Å². The molecule has 0 aromatic rings. The van der Waals surface area contributed by atoms with Crippen LogP contribution in [0.5, 0.6) is 0 Å². The molecule has 3 heteroatoms. The third kappa shape index (κ3) is 10.8. The maximum Gasteiger partial charge on any atom is 2.00 e. The van der Waals surface area contributed by atoms with Crippen molar-refractivity contribution in [2.24, 2.45) is 5.92 Å². The molecule has 0 fully saturated rings. The Kier molecular flexibility index (Phi) is 21.7. The van der Waals surface area contributed by atoms with Crippen LogP contribution in [-0.2, 0) is 5.48 Å². The SMILES string of the molecule is CCCCC(CC)CO.[O-2].[Tl+2]. The molecule has 0 aromatic carbocycles. The molecule has 0 bridgehead atoms. The summed E-state index contributed by atoms with van der Waals surface area (Å²) in [6.45, 7) is 4.69. The molecule has 1 N–H and O–H groups in total. The summed E-state index contributed by atoms with van der Waals surface area (Å²) >= 11 is 0. The summed E-state index contributed by atoms with van der Waals surface area (Å²) in [7, 11) is 0. The van der Waals surface area contributed by atoms with Gasteiger partial charge in [-0.1, -0.05) is 33.1 Å². The molecule has 65 valence electrons. The summed E-state index contributed by atoms with van der Waals surface area (Å²) in [4.78, 5) is 0. The van der Waals surface area contributed by atoms with E-state index in [-0.39, 0.29) is 32.8 Å².